The van der Waals surface area contributed by atoms with Gasteiger partial charge in [0, 0.05) is 48.8 Å². The van der Waals surface area contributed by atoms with Crippen molar-refractivity contribution in [1.29, 1.82) is 0 Å². The third kappa shape index (κ3) is 3.57. The average molecular weight is 509 g/mol. The van der Waals surface area contributed by atoms with E-state index in [0.29, 0.717) is 12.8 Å². The second kappa shape index (κ2) is 7.68. The molecule has 0 spiro atoms. The molecule has 0 saturated heterocycles. The van der Waals surface area contributed by atoms with E-state index in [1.54, 1.807) is 73.3 Å². The fourth-order valence-corrected chi connectivity index (χ4v) is 7.38. The molecule has 7 nitrogen and oxygen atoms in total. The van der Waals surface area contributed by atoms with Crippen molar-refractivity contribution < 1.29 is 21.6 Å². The number of rotatable bonds is 4. The topological polar surface area (TPSA) is 87.4 Å². The summed E-state index contributed by atoms with van der Waals surface area (Å²) >= 11 is 0. The minimum Gasteiger partial charge on any atom is -0.365 e. The molecule has 0 amide bonds. The molecule has 2 unspecified atom stereocenters. The predicted molar refractivity (Wildman–Crippen MR) is 130 cm³/mol. The molecule has 2 aromatic heterocycles. The van der Waals surface area contributed by atoms with Crippen molar-refractivity contribution in [2.24, 2.45) is 0 Å². The molecule has 2 atom stereocenters. The summed E-state index contributed by atoms with van der Waals surface area (Å²) in [6.45, 7) is 3.82. The van der Waals surface area contributed by atoms with Gasteiger partial charge in [0.2, 0.25) is 0 Å². The van der Waals surface area contributed by atoms with E-state index in [0.717, 1.165) is 33.4 Å². The van der Waals surface area contributed by atoms with Gasteiger partial charge in [0.25, 0.3) is 20.0 Å². The number of hydrogen-bond donors (Lipinski definition) is 0. The van der Waals surface area contributed by atoms with E-state index in [2.05, 4.69) is 0 Å². The van der Waals surface area contributed by atoms with Crippen LogP contribution in [0.1, 0.15) is 45.6 Å². The first-order valence-electron chi connectivity index (χ1n) is 11.3. The van der Waals surface area contributed by atoms with Gasteiger partial charge in [-0.1, -0.05) is 35.4 Å². The molecule has 0 fully saturated rings. The highest BCUT2D eigenvalue weighted by Crippen LogP contribution is 2.46. The molecule has 6 rings (SSSR count). The molecule has 2 aromatic carbocycles. The van der Waals surface area contributed by atoms with Crippen molar-refractivity contribution in [2.75, 3.05) is 0 Å². The third-order valence-electron chi connectivity index (χ3n) is 6.87. The van der Waals surface area contributed by atoms with E-state index in [1.807, 2.05) is 13.8 Å². The Labute approximate surface area is 204 Å². The molecule has 0 aliphatic carbocycles. The summed E-state index contributed by atoms with van der Waals surface area (Å²) in [6.07, 6.45) is 6.89. The Balaban J connectivity index is 1.33. The molecule has 9 heteroatoms. The Morgan fingerprint density at radius 1 is 0.629 bits per heavy atom. The maximum absolute atomic E-state index is 13.2. The van der Waals surface area contributed by atoms with Crippen molar-refractivity contribution in [3.63, 3.8) is 0 Å². The number of aryl methyl sites for hydroxylation is 2. The van der Waals surface area contributed by atoms with Crippen molar-refractivity contribution in [1.82, 2.24) is 7.94 Å². The minimum absolute atomic E-state index is 0.235. The van der Waals surface area contributed by atoms with E-state index in [9.17, 15) is 16.8 Å². The predicted octanol–water partition coefficient (Wildman–Crippen LogP) is 4.29. The summed E-state index contributed by atoms with van der Waals surface area (Å²) in [5.74, 6) is 0. The molecular weight excluding hydrogens is 484 g/mol. The maximum atomic E-state index is 13.2. The summed E-state index contributed by atoms with van der Waals surface area (Å²) in [6, 6.07) is 13.6. The van der Waals surface area contributed by atoms with Crippen LogP contribution in [0.3, 0.4) is 0 Å². The summed E-state index contributed by atoms with van der Waals surface area (Å²) in [5, 5.41) is 0. The van der Waals surface area contributed by atoms with Crippen LogP contribution in [0.4, 0.5) is 0 Å². The van der Waals surface area contributed by atoms with E-state index < -0.39 is 20.0 Å². The zero-order valence-corrected chi connectivity index (χ0v) is 20.9. The van der Waals surface area contributed by atoms with E-state index in [4.69, 9.17) is 4.74 Å². The molecule has 180 valence electrons. The Morgan fingerprint density at radius 3 is 1.37 bits per heavy atom. The summed E-state index contributed by atoms with van der Waals surface area (Å²) < 4.78 is 61.6. The lowest BCUT2D eigenvalue weighted by Gasteiger charge is -2.35. The fraction of sp³-hybridized carbons (Fsp3) is 0.231. The van der Waals surface area contributed by atoms with Gasteiger partial charge in [0.05, 0.1) is 22.0 Å². The largest absolute Gasteiger partial charge is 0.365 e. The first-order valence-corrected chi connectivity index (χ1v) is 14.2. The fourth-order valence-electron chi connectivity index (χ4n) is 4.89. The smallest absolute Gasteiger partial charge is 0.267 e. The van der Waals surface area contributed by atoms with Crippen LogP contribution < -0.4 is 0 Å². The zero-order valence-electron chi connectivity index (χ0n) is 19.2. The van der Waals surface area contributed by atoms with Crippen molar-refractivity contribution >= 4 is 20.0 Å². The van der Waals surface area contributed by atoms with Crippen molar-refractivity contribution in [3.8, 4) is 0 Å². The molecule has 2 aliphatic heterocycles. The number of hydrogen-bond acceptors (Lipinski definition) is 5. The first kappa shape index (κ1) is 22.3. The van der Waals surface area contributed by atoms with Gasteiger partial charge in [-0.15, -0.1) is 0 Å². The second-order valence-electron chi connectivity index (χ2n) is 9.30. The SMILES string of the molecule is Cc1ccc(S(=O)(=O)n2cc3c(c2)C2Cc4cn(S(=O)(=O)c5ccc(C)cc5)cc4C(C3)O2)cc1. The van der Waals surface area contributed by atoms with Gasteiger partial charge in [0.1, 0.15) is 0 Å². The quantitative estimate of drug-likeness (QED) is 0.410. The Morgan fingerprint density at radius 2 is 1.00 bits per heavy atom. The lowest BCUT2D eigenvalue weighted by Crippen LogP contribution is -2.25. The van der Waals surface area contributed by atoms with Crippen LogP contribution in [0, 0.1) is 13.8 Å². The Hall–Kier alpha value is -3.14. The third-order valence-corrected chi connectivity index (χ3v) is 10.1. The van der Waals surface area contributed by atoms with E-state index in [1.165, 1.54) is 7.94 Å². The normalized spacial score (nSPS) is 19.3. The van der Waals surface area contributed by atoms with Gasteiger partial charge in [-0.3, -0.25) is 0 Å². The van der Waals surface area contributed by atoms with Crippen LogP contribution in [-0.2, 0) is 37.6 Å². The van der Waals surface area contributed by atoms with Crippen molar-refractivity contribution in [3.05, 3.63) is 107 Å². The zero-order chi connectivity index (χ0) is 24.5. The lowest BCUT2D eigenvalue weighted by atomic mass is 9.86. The van der Waals surface area contributed by atoms with Crippen LogP contribution in [0.2, 0.25) is 0 Å². The number of fused-ring (bicyclic) bond motifs is 6. The average Bonchev–Trinajstić information content (AvgIpc) is 3.45. The molecule has 35 heavy (non-hydrogen) atoms. The van der Waals surface area contributed by atoms with Gasteiger partial charge in [0.15, 0.2) is 0 Å². The Bertz CT molecular complexity index is 1540. The van der Waals surface area contributed by atoms with Crippen LogP contribution >= 0.6 is 0 Å². The molecular formula is C26H24N2O5S2. The molecule has 0 N–H and O–H groups in total. The van der Waals surface area contributed by atoms with Gasteiger partial charge in [-0.2, -0.15) is 0 Å². The van der Waals surface area contributed by atoms with Gasteiger partial charge in [-0.25, -0.2) is 24.8 Å². The number of nitrogens with zero attached hydrogens (tertiary/aromatic N) is 2. The summed E-state index contributed by atoms with van der Waals surface area (Å²) in [5.41, 5.74) is 5.45. The molecule has 2 aliphatic rings. The molecule has 2 bridgehead atoms. The monoisotopic (exact) mass is 508 g/mol. The number of ether oxygens (including phenoxy) is 1. The standard InChI is InChI=1S/C26H24N2O5S2/c1-17-3-7-21(8-4-17)34(29,30)27-13-19-11-26-24-16-28(14-20(24)12-25(33-26)23(19)15-27)35(31,32)22-9-5-18(2)6-10-22/h3-10,13-16,25-26H,11-12H2,1-2H3. The number of aromatic nitrogens is 2. The maximum Gasteiger partial charge on any atom is 0.267 e. The summed E-state index contributed by atoms with van der Waals surface area (Å²) in [7, 11) is -7.43. The Kier molecular flexibility index (Phi) is 4.90. The summed E-state index contributed by atoms with van der Waals surface area (Å²) in [4.78, 5) is 0.470. The van der Waals surface area contributed by atoms with Crippen LogP contribution in [0.25, 0.3) is 0 Å². The lowest BCUT2D eigenvalue weighted by molar-refractivity contribution is -0.0383. The van der Waals surface area contributed by atoms with Gasteiger partial charge >= 0.3 is 0 Å². The molecule has 0 radical (unpaired) electrons. The van der Waals surface area contributed by atoms with Crippen LogP contribution in [-0.4, -0.2) is 24.8 Å². The second-order valence-corrected chi connectivity index (χ2v) is 13.0. The van der Waals surface area contributed by atoms with Gasteiger partial charge < -0.3 is 4.74 Å². The van der Waals surface area contributed by atoms with Crippen molar-refractivity contribution in [2.45, 2.75) is 48.7 Å². The molecule has 4 aromatic rings. The van der Waals surface area contributed by atoms with Gasteiger partial charge in [-0.05, 0) is 49.2 Å². The highest BCUT2D eigenvalue weighted by Gasteiger charge is 2.38. The van der Waals surface area contributed by atoms with Crippen LogP contribution in [0.15, 0.2) is 83.1 Å². The highest BCUT2D eigenvalue weighted by atomic mass is 32.2. The van der Waals surface area contributed by atoms with Crippen LogP contribution in [0.5, 0.6) is 0 Å². The molecule has 4 heterocycles. The number of benzene rings is 2. The minimum atomic E-state index is -3.71. The highest BCUT2D eigenvalue weighted by molar-refractivity contribution is 7.90. The first-order chi connectivity index (χ1) is 16.6. The van der Waals surface area contributed by atoms with E-state index >= 15 is 0 Å². The van der Waals surface area contributed by atoms with E-state index in [-0.39, 0.29) is 22.0 Å². The molecule has 0 saturated carbocycles.